The van der Waals surface area contributed by atoms with Crippen molar-refractivity contribution in [2.75, 3.05) is 14.1 Å². The first-order valence-corrected chi connectivity index (χ1v) is 18.9. The summed E-state index contributed by atoms with van der Waals surface area (Å²) in [5.74, 6) is 1.89. The van der Waals surface area contributed by atoms with E-state index in [-0.39, 0.29) is 48.8 Å². The number of nitrogens with two attached hydrogens (primary N) is 2. The molecule has 0 saturated carbocycles. The van der Waals surface area contributed by atoms with E-state index >= 15 is 0 Å². The first-order valence-electron chi connectivity index (χ1n) is 18.1. The van der Waals surface area contributed by atoms with Gasteiger partial charge in [-0.3, -0.25) is 24.4 Å². The topological polar surface area (TPSA) is 149 Å². The van der Waals surface area contributed by atoms with Crippen molar-refractivity contribution in [1.29, 1.82) is 0 Å². The van der Waals surface area contributed by atoms with Crippen LogP contribution in [0.25, 0.3) is 11.1 Å². The van der Waals surface area contributed by atoms with Gasteiger partial charge in [-0.05, 0) is 64.7 Å². The lowest BCUT2D eigenvalue weighted by atomic mass is 9.76. The molecule has 5 heterocycles. The third-order valence-corrected chi connectivity index (χ3v) is 11.3. The Bertz CT molecular complexity index is 2320. The number of carbonyl (C=O) groups is 2. The molecule has 0 fully saturated rings. The third-order valence-electron chi connectivity index (χ3n) is 10.8. The first-order chi connectivity index (χ1) is 26.5. The van der Waals surface area contributed by atoms with Crippen LogP contribution in [-0.4, -0.2) is 52.6 Å². The summed E-state index contributed by atoms with van der Waals surface area (Å²) in [6, 6.07) is 35.9. The second-order valence-electron chi connectivity index (χ2n) is 14.3. The number of amides is 2. The molecule has 1 aromatic heterocycles. The van der Waals surface area contributed by atoms with Crippen molar-refractivity contribution >= 4 is 39.7 Å². The van der Waals surface area contributed by atoms with Gasteiger partial charge >= 0.3 is 0 Å². The second-order valence-corrected chi connectivity index (χ2v) is 15.2. The number of rotatable bonds is 3. The van der Waals surface area contributed by atoms with E-state index in [2.05, 4.69) is 27.0 Å². The van der Waals surface area contributed by atoms with Crippen LogP contribution in [0.3, 0.4) is 0 Å². The zero-order valence-electron chi connectivity index (χ0n) is 30.4. The number of hydrogen-bond donors (Lipinski definition) is 2. The van der Waals surface area contributed by atoms with E-state index in [1.165, 1.54) is 9.80 Å². The molecule has 9 rings (SSSR count). The highest BCUT2D eigenvalue weighted by Crippen LogP contribution is 2.52. The number of aromatic nitrogens is 1. The predicted molar refractivity (Wildman–Crippen MR) is 214 cm³/mol. The molecule has 4 N–H and O–H groups in total. The summed E-state index contributed by atoms with van der Waals surface area (Å²) in [4.78, 5) is 41.9. The van der Waals surface area contributed by atoms with Crippen LogP contribution < -0.4 is 20.9 Å². The lowest BCUT2D eigenvalue weighted by Crippen LogP contribution is -2.50. The number of guanidine groups is 2. The number of aliphatic imine (C=N–C) groups is 2. The van der Waals surface area contributed by atoms with E-state index in [1.54, 1.807) is 26.5 Å². The number of carbonyl (C=O) groups excluding carboxylic acids is 2. The Balaban J connectivity index is 0.000000158. The highest BCUT2D eigenvalue weighted by molar-refractivity contribution is 9.10. The van der Waals surface area contributed by atoms with E-state index in [4.69, 9.17) is 30.9 Å². The average Bonchev–Trinajstić information content (AvgIpc) is 3.20. The number of halogens is 1. The van der Waals surface area contributed by atoms with Gasteiger partial charge in [-0.25, -0.2) is 9.98 Å². The summed E-state index contributed by atoms with van der Waals surface area (Å²) in [7, 11) is 3.32. The molecule has 4 unspecified atom stereocenters. The lowest BCUT2D eigenvalue weighted by Gasteiger charge is -2.43. The minimum absolute atomic E-state index is 0.0351. The second kappa shape index (κ2) is 14.3. The van der Waals surface area contributed by atoms with Gasteiger partial charge in [-0.1, -0.05) is 82.7 Å². The van der Waals surface area contributed by atoms with Gasteiger partial charge in [-0.2, -0.15) is 0 Å². The molecule has 4 aliphatic heterocycles. The van der Waals surface area contributed by atoms with Crippen molar-refractivity contribution in [3.05, 3.63) is 148 Å². The van der Waals surface area contributed by atoms with Gasteiger partial charge in [0.2, 0.25) is 11.8 Å². The van der Waals surface area contributed by atoms with Crippen LogP contribution in [0.1, 0.15) is 60.1 Å². The number of nitrogens with zero attached hydrogens (tertiary/aromatic N) is 5. The summed E-state index contributed by atoms with van der Waals surface area (Å²) in [5.41, 5.74) is 16.8. The quantitative estimate of drug-likeness (QED) is 0.200. The molecule has 0 aliphatic carbocycles. The molecule has 5 aromatic rings. The van der Waals surface area contributed by atoms with Crippen LogP contribution in [0.5, 0.6) is 11.5 Å². The van der Waals surface area contributed by atoms with E-state index in [9.17, 15) is 9.59 Å². The van der Waals surface area contributed by atoms with Gasteiger partial charge in [0.05, 0.1) is 12.8 Å². The molecular formula is C43H40BrN7O4. The van der Waals surface area contributed by atoms with Gasteiger partial charge in [-0.15, -0.1) is 0 Å². The van der Waals surface area contributed by atoms with Crippen LogP contribution in [0.2, 0.25) is 0 Å². The maximum Gasteiger partial charge on any atom is 0.231 e. The molecule has 2 amide bonds. The molecule has 12 heteroatoms. The van der Waals surface area contributed by atoms with Crippen LogP contribution in [0, 0.1) is 0 Å². The molecule has 11 nitrogen and oxygen atoms in total. The largest absolute Gasteiger partial charge is 0.485 e. The molecule has 0 bridgehead atoms. The maximum absolute atomic E-state index is 12.8. The fourth-order valence-electron chi connectivity index (χ4n) is 7.83. The number of fused-ring (bicyclic) bond motifs is 4. The van der Waals surface area contributed by atoms with Crippen molar-refractivity contribution in [2.45, 2.75) is 49.0 Å². The summed E-state index contributed by atoms with van der Waals surface area (Å²) in [6.07, 6.45) is 4.79. The fourth-order valence-corrected chi connectivity index (χ4v) is 8.19. The molecule has 4 aromatic carbocycles. The minimum atomic E-state index is -0.759. The van der Waals surface area contributed by atoms with Crippen LogP contribution >= 0.6 is 15.9 Å². The summed E-state index contributed by atoms with van der Waals surface area (Å²) in [6.45, 7) is 0. The Morgan fingerprint density at radius 1 is 0.636 bits per heavy atom. The normalized spacial score (nSPS) is 24.1. The number of benzene rings is 4. The molecule has 0 radical (unpaired) electrons. The van der Waals surface area contributed by atoms with Gasteiger partial charge in [0, 0.05) is 54.9 Å². The van der Waals surface area contributed by atoms with Crippen LogP contribution in [0.4, 0.5) is 0 Å². The smallest absolute Gasteiger partial charge is 0.231 e. The van der Waals surface area contributed by atoms with Gasteiger partial charge < -0.3 is 20.9 Å². The summed E-state index contributed by atoms with van der Waals surface area (Å²) >= 11 is 3.51. The molecule has 278 valence electrons. The lowest BCUT2D eigenvalue weighted by molar-refractivity contribution is -0.130. The maximum atomic E-state index is 12.8. The minimum Gasteiger partial charge on any atom is -0.485 e. The van der Waals surface area contributed by atoms with Crippen molar-refractivity contribution in [2.24, 2.45) is 21.5 Å². The zero-order valence-corrected chi connectivity index (χ0v) is 32.0. The van der Waals surface area contributed by atoms with Gasteiger partial charge in [0.25, 0.3) is 0 Å². The van der Waals surface area contributed by atoms with Gasteiger partial charge in [0.15, 0.2) is 11.9 Å². The number of hydrogen-bond acceptors (Lipinski definition) is 9. The zero-order chi connectivity index (χ0) is 38.3. The fraction of sp³-hybridized carbons (Fsp3) is 0.233. The Labute approximate surface area is 327 Å². The third kappa shape index (κ3) is 6.82. The highest BCUT2D eigenvalue weighted by atomic mass is 79.9. The molecular weight excluding hydrogens is 758 g/mol. The van der Waals surface area contributed by atoms with Crippen LogP contribution in [-0.2, 0) is 20.7 Å². The van der Waals surface area contributed by atoms with Crippen LogP contribution in [0.15, 0.2) is 136 Å². The number of pyridine rings is 1. The molecule has 55 heavy (non-hydrogen) atoms. The average molecular weight is 799 g/mol. The Morgan fingerprint density at radius 3 is 1.60 bits per heavy atom. The SMILES string of the molecule is CN1C(=O)CC2(CC(c3ccccc3)Oc3ccc(-c4ccncc4)cc32)N=C1N.CN1C(=O)CC2(CC(c3ccccc3)Oc3ccc(Br)cc32)N=C1N. The number of ether oxygens (including phenoxy) is 2. The Hall–Kier alpha value is -6.01. The molecule has 2 spiro atoms. The summed E-state index contributed by atoms with van der Waals surface area (Å²) in [5, 5.41) is 0. The van der Waals surface area contributed by atoms with Gasteiger partial charge in [0.1, 0.15) is 34.8 Å². The Kier molecular flexibility index (Phi) is 9.38. The molecule has 4 aliphatic rings. The summed E-state index contributed by atoms with van der Waals surface area (Å²) < 4.78 is 13.6. The van der Waals surface area contributed by atoms with Crippen molar-refractivity contribution < 1.29 is 19.1 Å². The van der Waals surface area contributed by atoms with Crippen molar-refractivity contribution in [3.63, 3.8) is 0 Å². The van der Waals surface area contributed by atoms with E-state index < -0.39 is 11.1 Å². The van der Waals surface area contributed by atoms with E-state index in [0.717, 1.165) is 49.4 Å². The molecule has 4 atom stereocenters. The first kappa shape index (κ1) is 36.0. The monoisotopic (exact) mass is 797 g/mol. The standard InChI is InChI=1S/C24H22N4O2.C19H18BrN3O2/c1-28-22(29)15-24(27-23(28)25)14-21(17-5-3-2-4-6-17)30-20-8-7-18(13-19(20)24)16-9-11-26-12-10-16;1-23-17(24)11-19(22-18(23)21)10-16(12-5-3-2-4-6-12)25-15-8-7-13(20)9-14(15)19/h2-13,21H,14-15H2,1H3,(H2,25,27);2-9,16H,10-11H2,1H3,(H2,21,22). The van der Waals surface area contributed by atoms with Crippen molar-refractivity contribution in [3.8, 4) is 22.6 Å². The Morgan fingerprint density at radius 2 is 1.11 bits per heavy atom. The highest BCUT2D eigenvalue weighted by Gasteiger charge is 2.49. The van der Waals surface area contributed by atoms with E-state index in [1.807, 2.05) is 103 Å². The predicted octanol–water partition coefficient (Wildman–Crippen LogP) is 6.99. The molecule has 0 saturated heterocycles. The van der Waals surface area contributed by atoms with Crippen molar-refractivity contribution in [1.82, 2.24) is 14.8 Å². The van der Waals surface area contributed by atoms with E-state index in [0.29, 0.717) is 12.8 Å².